The van der Waals surface area contributed by atoms with Crippen LogP contribution in [-0.2, 0) is 9.84 Å². The molecule has 15 heavy (non-hydrogen) atoms. The van der Waals surface area contributed by atoms with Crippen LogP contribution in [0.1, 0.15) is 0 Å². The number of rotatable bonds is 2. The molecule has 0 atom stereocenters. The molecule has 1 aromatic carbocycles. The molecule has 82 valence electrons. The number of halogens is 2. The lowest BCUT2D eigenvalue weighted by Gasteiger charge is -2.02. The van der Waals surface area contributed by atoms with Gasteiger partial charge in [-0.3, -0.25) is 10.1 Å². The number of sulfone groups is 1. The number of nitro groups is 1. The SMILES string of the molecule is CS(=O)(=O)c1c(F)ccc([N+](=O)[O-])c1F. The predicted octanol–water partition coefficient (Wildman–Crippen LogP) is 1.28. The van der Waals surface area contributed by atoms with Crippen molar-refractivity contribution >= 4 is 15.5 Å². The van der Waals surface area contributed by atoms with Gasteiger partial charge in [-0.1, -0.05) is 0 Å². The highest BCUT2D eigenvalue weighted by Crippen LogP contribution is 2.26. The maximum Gasteiger partial charge on any atom is 0.306 e. The second kappa shape index (κ2) is 3.54. The summed E-state index contributed by atoms with van der Waals surface area (Å²) >= 11 is 0. The van der Waals surface area contributed by atoms with Gasteiger partial charge in [-0.25, -0.2) is 12.8 Å². The van der Waals surface area contributed by atoms with Crippen molar-refractivity contribution in [3.8, 4) is 0 Å². The van der Waals surface area contributed by atoms with Crippen molar-refractivity contribution in [2.75, 3.05) is 6.26 Å². The van der Waals surface area contributed by atoms with Crippen molar-refractivity contribution < 1.29 is 22.1 Å². The maximum atomic E-state index is 13.2. The molecule has 0 N–H and O–H groups in total. The Hall–Kier alpha value is -1.57. The van der Waals surface area contributed by atoms with Gasteiger partial charge in [-0.2, -0.15) is 4.39 Å². The zero-order valence-corrected chi connectivity index (χ0v) is 8.22. The van der Waals surface area contributed by atoms with Gasteiger partial charge >= 0.3 is 5.69 Å². The molecule has 0 aliphatic rings. The highest BCUT2D eigenvalue weighted by Gasteiger charge is 2.27. The second-order valence-corrected chi connectivity index (χ2v) is 4.69. The molecule has 0 aliphatic heterocycles. The molecule has 0 fully saturated rings. The Bertz CT molecular complexity index is 526. The van der Waals surface area contributed by atoms with Gasteiger partial charge in [-0.15, -0.1) is 0 Å². The highest BCUT2D eigenvalue weighted by atomic mass is 32.2. The second-order valence-electron chi connectivity index (χ2n) is 2.74. The van der Waals surface area contributed by atoms with Gasteiger partial charge < -0.3 is 0 Å². The third-order valence-corrected chi connectivity index (χ3v) is 2.71. The van der Waals surface area contributed by atoms with Crippen LogP contribution in [0.15, 0.2) is 17.0 Å². The molecule has 1 rings (SSSR count). The van der Waals surface area contributed by atoms with E-state index in [0.717, 1.165) is 0 Å². The van der Waals surface area contributed by atoms with Crippen molar-refractivity contribution in [1.29, 1.82) is 0 Å². The first-order chi connectivity index (χ1) is 6.75. The van der Waals surface area contributed by atoms with Crippen LogP contribution in [0.25, 0.3) is 0 Å². The fourth-order valence-electron chi connectivity index (χ4n) is 1.00. The van der Waals surface area contributed by atoms with Crippen LogP contribution in [0.2, 0.25) is 0 Å². The van der Waals surface area contributed by atoms with Gasteiger partial charge in [0, 0.05) is 12.3 Å². The molecule has 0 saturated heterocycles. The van der Waals surface area contributed by atoms with Crippen LogP contribution in [0.4, 0.5) is 14.5 Å². The summed E-state index contributed by atoms with van der Waals surface area (Å²) in [5.74, 6) is -3.02. The van der Waals surface area contributed by atoms with E-state index in [4.69, 9.17) is 0 Å². The summed E-state index contributed by atoms with van der Waals surface area (Å²) in [6.07, 6.45) is 0.568. The number of hydrogen-bond donors (Lipinski definition) is 0. The molecule has 0 radical (unpaired) electrons. The van der Waals surface area contributed by atoms with E-state index in [1.54, 1.807) is 0 Å². The number of benzene rings is 1. The average Bonchev–Trinajstić information content (AvgIpc) is 2.00. The molecule has 1 aromatic rings. The fraction of sp³-hybridized carbons (Fsp3) is 0.143. The van der Waals surface area contributed by atoms with Crippen molar-refractivity contribution in [3.05, 3.63) is 33.9 Å². The lowest BCUT2D eigenvalue weighted by Crippen LogP contribution is -2.06. The Labute approximate surface area is 83.4 Å². The van der Waals surface area contributed by atoms with Gasteiger partial charge in [-0.05, 0) is 6.07 Å². The Kier molecular flexibility index (Phi) is 2.71. The first-order valence-electron chi connectivity index (χ1n) is 3.57. The van der Waals surface area contributed by atoms with Crippen LogP contribution in [-0.4, -0.2) is 19.6 Å². The fourth-order valence-corrected chi connectivity index (χ4v) is 1.86. The van der Waals surface area contributed by atoms with Gasteiger partial charge in [0.15, 0.2) is 9.84 Å². The highest BCUT2D eigenvalue weighted by molar-refractivity contribution is 7.90. The van der Waals surface area contributed by atoms with Crippen molar-refractivity contribution in [3.63, 3.8) is 0 Å². The number of nitrogens with zero attached hydrogens (tertiary/aromatic N) is 1. The van der Waals surface area contributed by atoms with Gasteiger partial charge in [0.1, 0.15) is 10.7 Å². The lowest BCUT2D eigenvalue weighted by atomic mass is 10.3. The summed E-state index contributed by atoms with van der Waals surface area (Å²) < 4.78 is 48.1. The summed E-state index contributed by atoms with van der Waals surface area (Å²) in [7, 11) is -4.17. The Balaban J connectivity index is 3.66. The zero-order valence-electron chi connectivity index (χ0n) is 7.40. The maximum absolute atomic E-state index is 13.2. The topological polar surface area (TPSA) is 77.3 Å². The van der Waals surface area contributed by atoms with Crippen molar-refractivity contribution in [1.82, 2.24) is 0 Å². The van der Waals surface area contributed by atoms with Crippen LogP contribution in [0.3, 0.4) is 0 Å². The van der Waals surface area contributed by atoms with E-state index < -0.39 is 37.0 Å². The predicted molar refractivity (Wildman–Crippen MR) is 46.1 cm³/mol. The van der Waals surface area contributed by atoms with Gasteiger partial charge in [0.25, 0.3) is 0 Å². The molecule has 0 amide bonds. The molecule has 0 aromatic heterocycles. The molecule has 0 heterocycles. The summed E-state index contributed by atoms with van der Waals surface area (Å²) in [5, 5.41) is 10.3. The Morgan fingerprint density at radius 1 is 1.33 bits per heavy atom. The molecule has 0 unspecified atom stereocenters. The normalized spacial score (nSPS) is 11.4. The number of hydrogen-bond acceptors (Lipinski definition) is 4. The van der Waals surface area contributed by atoms with Crippen molar-refractivity contribution in [2.45, 2.75) is 4.90 Å². The molecule has 0 spiro atoms. The molecule has 0 saturated carbocycles. The van der Waals surface area contributed by atoms with Crippen LogP contribution in [0.5, 0.6) is 0 Å². The van der Waals surface area contributed by atoms with E-state index in [2.05, 4.69) is 0 Å². The van der Waals surface area contributed by atoms with E-state index >= 15 is 0 Å². The van der Waals surface area contributed by atoms with Crippen LogP contribution in [0, 0.1) is 21.7 Å². The quantitative estimate of drug-likeness (QED) is 0.573. The van der Waals surface area contributed by atoms with Crippen molar-refractivity contribution in [2.24, 2.45) is 0 Å². The standard InChI is InChI=1S/C7H5F2NO4S/c1-15(13,14)7-4(8)2-3-5(6(7)9)10(11)12/h2-3H,1H3. The first-order valence-corrected chi connectivity index (χ1v) is 5.46. The third-order valence-electron chi connectivity index (χ3n) is 1.60. The minimum absolute atomic E-state index is 0.539. The summed E-state index contributed by atoms with van der Waals surface area (Å²) in [6, 6.07) is 1.11. The van der Waals surface area contributed by atoms with E-state index in [9.17, 15) is 27.3 Å². The Morgan fingerprint density at radius 2 is 1.87 bits per heavy atom. The van der Waals surface area contributed by atoms with E-state index in [1.165, 1.54) is 0 Å². The van der Waals surface area contributed by atoms with E-state index in [0.29, 0.717) is 18.4 Å². The van der Waals surface area contributed by atoms with Crippen LogP contribution < -0.4 is 0 Å². The lowest BCUT2D eigenvalue weighted by molar-refractivity contribution is -0.387. The summed E-state index contributed by atoms with van der Waals surface area (Å²) in [5.41, 5.74) is -1.07. The molecular formula is C7H5F2NO4S. The zero-order chi connectivity index (χ0) is 11.8. The first kappa shape index (κ1) is 11.5. The van der Waals surface area contributed by atoms with E-state index in [-0.39, 0.29) is 0 Å². The molecular weight excluding hydrogens is 232 g/mol. The smallest absolute Gasteiger partial charge is 0.258 e. The molecule has 8 heteroatoms. The minimum atomic E-state index is -4.17. The number of nitro benzene ring substituents is 1. The largest absolute Gasteiger partial charge is 0.306 e. The minimum Gasteiger partial charge on any atom is -0.258 e. The summed E-state index contributed by atoms with van der Waals surface area (Å²) in [6.45, 7) is 0. The third kappa shape index (κ3) is 2.09. The molecule has 0 aliphatic carbocycles. The average molecular weight is 237 g/mol. The molecule has 0 bridgehead atoms. The monoisotopic (exact) mass is 237 g/mol. The van der Waals surface area contributed by atoms with Crippen LogP contribution >= 0.6 is 0 Å². The van der Waals surface area contributed by atoms with Gasteiger partial charge in [0.05, 0.1) is 4.92 Å². The van der Waals surface area contributed by atoms with Gasteiger partial charge in [0.2, 0.25) is 5.82 Å². The molecule has 5 nitrogen and oxygen atoms in total. The summed E-state index contributed by atoms with van der Waals surface area (Å²) in [4.78, 5) is 7.86. The Morgan fingerprint density at radius 3 is 2.27 bits per heavy atom. The van der Waals surface area contributed by atoms with E-state index in [1.807, 2.05) is 0 Å².